The Morgan fingerprint density at radius 3 is 2.71 bits per heavy atom. The number of pyridine rings is 1. The lowest BCUT2D eigenvalue weighted by Crippen LogP contribution is -2.25. The molecule has 0 aliphatic carbocycles. The maximum Gasteiger partial charge on any atom is 0.223 e. The van der Waals surface area contributed by atoms with Gasteiger partial charge in [0.15, 0.2) is 11.0 Å². The second kappa shape index (κ2) is 8.51. The van der Waals surface area contributed by atoms with Crippen LogP contribution in [-0.4, -0.2) is 37.1 Å². The van der Waals surface area contributed by atoms with Gasteiger partial charge in [-0.15, -0.1) is 10.2 Å². The number of likely N-dealkylation sites (tertiary alicyclic amines) is 1. The Balaban J connectivity index is 1.61. The summed E-state index contributed by atoms with van der Waals surface area (Å²) in [6, 6.07) is 11.3. The third kappa shape index (κ3) is 4.16. The Morgan fingerprint density at radius 2 is 2.00 bits per heavy atom. The average Bonchev–Trinajstić information content (AvgIpc) is 3.30. The zero-order valence-corrected chi connectivity index (χ0v) is 17.2. The van der Waals surface area contributed by atoms with Gasteiger partial charge in [0.1, 0.15) is 5.82 Å². The van der Waals surface area contributed by atoms with E-state index in [4.69, 9.17) is 23.2 Å². The molecule has 144 valence electrons. The number of aromatic nitrogens is 4. The fourth-order valence-electron chi connectivity index (χ4n) is 3.03. The molecule has 6 nitrogen and oxygen atoms in total. The monoisotopic (exact) mass is 433 g/mol. The summed E-state index contributed by atoms with van der Waals surface area (Å²) in [5, 5.41) is 10.5. The first-order valence-electron chi connectivity index (χ1n) is 8.82. The van der Waals surface area contributed by atoms with Crippen molar-refractivity contribution in [1.82, 2.24) is 24.6 Å². The number of thioether (sulfide) groups is 1. The van der Waals surface area contributed by atoms with Gasteiger partial charge in [0, 0.05) is 24.9 Å². The van der Waals surface area contributed by atoms with Gasteiger partial charge in [-0.2, -0.15) is 0 Å². The van der Waals surface area contributed by atoms with E-state index in [1.54, 1.807) is 12.3 Å². The smallest absolute Gasteiger partial charge is 0.223 e. The highest BCUT2D eigenvalue weighted by Crippen LogP contribution is 2.29. The summed E-state index contributed by atoms with van der Waals surface area (Å²) < 4.78 is 1.91. The maximum absolute atomic E-state index is 12.0. The van der Waals surface area contributed by atoms with Crippen molar-refractivity contribution in [2.24, 2.45) is 0 Å². The van der Waals surface area contributed by atoms with Crippen molar-refractivity contribution in [2.45, 2.75) is 30.3 Å². The van der Waals surface area contributed by atoms with Crippen LogP contribution < -0.4 is 0 Å². The molecule has 1 amide bonds. The topological polar surface area (TPSA) is 63.9 Å². The van der Waals surface area contributed by atoms with E-state index in [2.05, 4.69) is 15.2 Å². The van der Waals surface area contributed by atoms with Gasteiger partial charge in [-0.1, -0.05) is 47.1 Å². The number of halogens is 2. The Labute approximate surface area is 176 Å². The number of hydrogen-bond acceptors (Lipinski definition) is 5. The van der Waals surface area contributed by atoms with E-state index in [1.807, 2.05) is 39.8 Å². The number of carbonyl (C=O) groups excluding carboxylic acids is 1. The molecule has 28 heavy (non-hydrogen) atoms. The van der Waals surface area contributed by atoms with Gasteiger partial charge >= 0.3 is 0 Å². The minimum absolute atomic E-state index is 0.153. The molecule has 1 aliphatic heterocycles. The first-order chi connectivity index (χ1) is 13.6. The van der Waals surface area contributed by atoms with Crippen LogP contribution in [0.25, 0.3) is 5.82 Å². The second-order valence-corrected chi connectivity index (χ2v) is 8.14. The first kappa shape index (κ1) is 19.2. The van der Waals surface area contributed by atoms with Gasteiger partial charge in [0.05, 0.1) is 16.6 Å². The zero-order valence-electron chi connectivity index (χ0n) is 14.9. The van der Waals surface area contributed by atoms with E-state index >= 15 is 0 Å². The van der Waals surface area contributed by atoms with E-state index in [0.717, 1.165) is 24.3 Å². The van der Waals surface area contributed by atoms with Crippen molar-refractivity contribution in [3.8, 4) is 5.82 Å². The number of amides is 1. The van der Waals surface area contributed by atoms with Gasteiger partial charge in [-0.25, -0.2) is 4.98 Å². The zero-order chi connectivity index (χ0) is 19.5. The molecule has 3 aromatic rings. The van der Waals surface area contributed by atoms with Crippen LogP contribution in [0.1, 0.15) is 24.2 Å². The highest BCUT2D eigenvalue weighted by molar-refractivity contribution is 7.98. The largest absolute Gasteiger partial charge is 0.335 e. The third-order valence-corrected chi connectivity index (χ3v) is 6.17. The van der Waals surface area contributed by atoms with Crippen LogP contribution in [0.15, 0.2) is 47.8 Å². The molecule has 0 bridgehead atoms. The molecule has 0 saturated carbocycles. The van der Waals surface area contributed by atoms with Crippen LogP contribution in [0.5, 0.6) is 0 Å². The van der Waals surface area contributed by atoms with Crippen LogP contribution in [0.3, 0.4) is 0 Å². The lowest BCUT2D eigenvalue weighted by molar-refractivity contribution is -0.128. The van der Waals surface area contributed by atoms with Gasteiger partial charge in [-0.05, 0) is 36.2 Å². The van der Waals surface area contributed by atoms with Crippen LogP contribution >= 0.6 is 35.0 Å². The van der Waals surface area contributed by atoms with Gasteiger partial charge in [0.2, 0.25) is 5.91 Å². The van der Waals surface area contributed by atoms with Gasteiger partial charge in [0.25, 0.3) is 0 Å². The molecule has 4 rings (SSSR count). The highest BCUT2D eigenvalue weighted by atomic mass is 35.5. The van der Waals surface area contributed by atoms with E-state index < -0.39 is 0 Å². The van der Waals surface area contributed by atoms with Crippen molar-refractivity contribution in [3.05, 3.63) is 64.0 Å². The molecule has 9 heteroatoms. The summed E-state index contributed by atoms with van der Waals surface area (Å²) in [4.78, 5) is 18.3. The number of benzene rings is 1. The fourth-order valence-corrected chi connectivity index (χ4v) is 4.25. The number of rotatable bonds is 6. The summed E-state index contributed by atoms with van der Waals surface area (Å²) in [5.41, 5.74) is 1.03. The summed E-state index contributed by atoms with van der Waals surface area (Å²) in [6.07, 6.45) is 3.21. The Kier molecular flexibility index (Phi) is 5.85. The SMILES string of the molecule is O=C1CCCN1Cc1nnc(SCc2ccc(Cl)c(Cl)c2)n1-c1ccccn1. The van der Waals surface area contributed by atoms with Crippen LogP contribution in [-0.2, 0) is 17.1 Å². The third-order valence-electron chi connectivity index (χ3n) is 4.43. The summed E-state index contributed by atoms with van der Waals surface area (Å²) >= 11 is 13.6. The van der Waals surface area contributed by atoms with Crippen molar-refractivity contribution >= 4 is 40.9 Å². The van der Waals surface area contributed by atoms with E-state index in [0.29, 0.717) is 39.7 Å². The number of nitrogens with zero attached hydrogens (tertiary/aromatic N) is 5. The number of hydrogen-bond donors (Lipinski definition) is 0. The van der Waals surface area contributed by atoms with Gasteiger partial charge in [-0.3, -0.25) is 9.36 Å². The van der Waals surface area contributed by atoms with Crippen LogP contribution in [0.4, 0.5) is 0 Å². The predicted octanol–water partition coefficient (Wildman–Crippen LogP) is 4.38. The maximum atomic E-state index is 12.0. The van der Waals surface area contributed by atoms with Crippen LogP contribution in [0.2, 0.25) is 10.0 Å². The normalized spacial score (nSPS) is 14.1. The molecular weight excluding hydrogens is 417 g/mol. The van der Waals surface area contributed by atoms with Crippen molar-refractivity contribution in [1.29, 1.82) is 0 Å². The standard InChI is InChI=1S/C19H17Cl2N5OS/c20-14-7-6-13(10-15(14)21)12-28-19-24-23-17(11-25-9-3-5-18(25)27)26(19)16-4-1-2-8-22-16/h1-2,4,6-8,10H,3,5,9,11-12H2. The molecule has 0 N–H and O–H groups in total. The Bertz CT molecular complexity index is 995. The molecule has 3 heterocycles. The second-order valence-electron chi connectivity index (χ2n) is 6.38. The van der Waals surface area contributed by atoms with Gasteiger partial charge < -0.3 is 4.90 Å². The van der Waals surface area contributed by atoms with Crippen molar-refractivity contribution in [3.63, 3.8) is 0 Å². The molecule has 1 aliphatic rings. The van der Waals surface area contributed by atoms with Crippen LogP contribution in [0, 0.1) is 0 Å². The Hall–Kier alpha value is -2.09. The minimum Gasteiger partial charge on any atom is -0.335 e. The first-order valence-corrected chi connectivity index (χ1v) is 10.6. The van der Waals surface area contributed by atoms with Crippen molar-refractivity contribution < 1.29 is 4.79 Å². The summed E-state index contributed by atoms with van der Waals surface area (Å²) in [5.74, 6) is 2.24. The summed E-state index contributed by atoms with van der Waals surface area (Å²) in [7, 11) is 0. The lowest BCUT2D eigenvalue weighted by atomic mass is 10.2. The minimum atomic E-state index is 0.153. The molecule has 2 aromatic heterocycles. The predicted molar refractivity (Wildman–Crippen MR) is 110 cm³/mol. The molecule has 0 unspecified atom stereocenters. The quantitative estimate of drug-likeness (QED) is 0.539. The number of carbonyl (C=O) groups is 1. The highest BCUT2D eigenvalue weighted by Gasteiger charge is 2.24. The lowest BCUT2D eigenvalue weighted by Gasteiger charge is -2.16. The molecule has 1 saturated heterocycles. The average molecular weight is 434 g/mol. The van der Waals surface area contributed by atoms with E-state index in [1.165, 1.54) is 11.8 Å². The molecule has 0 spiro atoms. The molecule has 0 atom stereocenters. The van der Waals surface area contributed by atoms with E-state index in [-0.39, 0.29) is 5.91 Å². The Morgan fingerprint density at radius 1 is 1.11 bits per heavy atom. The van der Waals surface area contributed by atoms with Crippen molar-refractivity contribution in [2.75, 3.05) is 6.54 Å². The molecule has 1 aromatic carbocycles. The molecule has 1 fully saturated rings. The summed E-state index contributed by atoms with van der Waals surface area (Å²) in [6.45, 7) is 1.18. The molecular formula is C19H17Cl2N5OS. The molecule has 0 radical (unpaired) electrons. The van der Waals surface area contributed by atoms with E-state index in [9.17, 15) is 4.79 Å². The fraction of sp³-hybridized carbons (Fsp3) is 0.263.